The van der Waals surface area contributed by atoms with Crippen molar-refractivity contribution in [2.24, 2.45) is 0 Å². The standard InChI is InChI=1S/C13H27N3O/c1-17-11-3-7-15-9-4-13(12-15)16-8-2-5-14-6-10-16/h13-14H,2-12H2,1H3. The topological polar surface area (TPSA) is 27.7 Å². The molecule has 1 atom stereocenters. The zero-order valence-corrected chi connectivity index (χ0v) is 11.2. The number of nitrogens with one attached hydrogen (secondary N) is 1. The molecule has 0 aliphatic carbocycles. The summed E-state index contributed by atoms with van der Waals surface area (Å²) < 4.78 is 5.12. The molecule has 2 saturated heterocycles. The lowest BCUT2D eigenvalue weighted by Gasteiger charge is -2.27. The van der Waals surface area contributed by atoms with E-state index >= 15 is 0 Å². The Labute approximate surface area is 105 Å². The third kappa shape index (κ3) is 4.21. The van der Waals surface area contributed by atoms with Crippen molar-refractivity contribution < 1.29 is 4.74 Å². The van der Waals surface area contributed by atoms with Crippen LogP contribution in [0.15, 0.2) is 0 Å². The van der Waals surface area contributed by atoms with Gasteiger partial charge in [0.25, 0.3) is 0 Å². The van der Waals surface area contributed by atoms with Gasteiger partial charge in [-0.25, -0.2) is 0 Å². The Morgan fingerprint density at radius 3 is 3.06 bits per heavy atom. The Bertz CT molecular complexity index is 205. The molecule has 4 heteroatoms. The van der Waals surface area contributed by atoms with Crippen molar-refractivity contribution >= 4 is 0 Å². The Morgan fingerprint density at radius 2 is 2.18 bits per heavy atom. The smallest absolute Gasteiger partial charge is 0.0474 e. The summed E-state index contributed by atoms with van der Waals surface area (Å²) in [5.74, 6) is 0. The van der Waals surface area contributed by atoms with Gasteiger partial charge in [-0.15, -0.1) is 0 Å². The SMILES string of the molecule is COCCCN1CCC(N2CCCNCC2)C1. The van der Waals surface area contributed by atoms with Gasteiger partial charge in [0.2, 0.25) is 0 Å². The highest BCUT2D eigenvalue weighted by Crippen LogP contribution is 2.16. The Morgan fingerprint density at radius 1 is 1.24 bits per heavy atom. The van der Waals surface area contributed by atoms with Crippen LogP contribution in [0, 0.1) is 0 Å². The van der Waals surface area contributed by atoms with E-state index in [2.05, 4.69) is 15.1 Å². The summed E-state index contributed by atoms with van der Waals surface area (Å²) in [5.41, 5.74) is 0. The van der Waals surface area contributed by atoms with Crippen molar-refractivity contribution in [3.8, 4) is 0 Å². The molecule has 0 aromatic rings. The minimum atomic E-state index is 0.803. The fourth-order valence-electron chi connectivity index (χ4n) is 2.98. The molecule has 2 fully saturated rings. The van der Waals surface area contributed by atoms with Crippen LogP contribution in [-0.4, -0.2) is 75.4 Å². The maximum atomic E-state index is 5.12. The van der Waals surface area contributed by atoms with Crippen LogP contribution in [0.3, 0.4) is 0 Å². The summed E-state index contributed by atoms with van der Waals surface area (Å²) in [5, 5.41) is 3.48. The van der Waals surface area contributed by atoms with Gasteiger partial charge in [0.1, 0.15) is 0 Å². The van der Waals surface area contributed by atoms with E-state index in [1.165, 1.54) is 65.1 Å². The maximum Gasteiger partial charge on any atom is 0.0474 e. The molecule has 1 N–H and O–H groups in total. The predicted molar refractivity (Wildman–Crippen MR) is 70.4 cm³/mol. The van der Waals surface area contributed by atoms with Crippen LogP contribution in [0.5, 0.6) is 0 Å². The van der Waals surface area contributed by atoms with E-state index in [1.807, 2.05) is 0 Å². The number of hydrogen-bond donors (Lipinski definition) is 1. The van der Waals surface area contributed by atoms with Crippen molar-refractivity contribution in [3.63, 3.8) is 0 Å². The van der Waals surface area contributed by atoms with E-state index in [-0.39, 0.29) is 0 Å². The second kappa shape index (κ2) is 7.31. The quantitative estimate of drug-likeness (QED) is 0.705. The second-order valence-electron chi connectivity index (χ2n) is 5.23. The number of nitrogens with zero attached hydrogens (tertiary/aromatic N) is 2. The molecular weight excluding hydrogens is 214 g/mol. The highest BCUT2D eigenvalue weighted by molar-refractivity contribution is 4.84. The van der Waals surface area contributed by atoms with Crippen LogP contribution in [0.4, 0.5) is 0 Å². The molecule has 0 aromatic carbocycles. The van der Waals surface area contributed by atoms with Crippen molar-refractivity contribution in [2.75, 3.05) is 59.5 Å². The average molecular weight is 241 g/mol. The third-order valence-electron chi connectivity index (χ3n) is 3.96. The zero-order chi connectivity index (χ0) is 11.9. The van der Waals surface area contributed by atoms with Gasteiger partial charge >= 0.3 is 0 Å². The van der Waals surface area contributed by atoms with Gasteiger partial charge in [-0.1, -0.05) is 0 Å². The highest BCUT2D eigenvalue weighted by Gasteiger charge is 2.27. The molecule has 2 aliphatic heterocycles. The Kier molecular flexibility index (Phi) is 5.71. The molecule has 0 amide bonds. The Hall–Kier alpha value is -0.160. The lowest BCUT2D eigenvalue weighted by Crippen LogP contribution is -2.39. The lowest BCUT2D eigenvalue weighted by molar-refractivity contribution is 0.171. The lowest BCUT2D eigenvalue weighted by atomic mass is 10.2. The first-order chi connectivity index (χ1) is 8.40. The number of methoxy groups -OCH3 is 1. The monoisotopic (exact) mass is 241 g/mol. The highest BCUT2D eigenvalue weighted by atomic mass is 16.5. The van der Waals surface area contributed by atoms with E-state index in [0.717, 1.165) is 12.6 Å². The van der Waals surface area contributed by atoms with Crippen molar-refractivity contribution in [1.82, 2.24) is 15.1 Å². The number of hydrogen-bond acceptors (Lipinski definition) is 4. The number of likely N-dealkylation sites (tertiary alicyclic amines) is 1. The summed E-state index contributed by atoms with van der Waals surface area (Å²) in [7, 11) is 1.79. The van der Waals surface area contributed by atoms with Crippen LogP contribution in [0.1, 0.15) is 19.3 Å². The van der Waals surface area contributed by atoms with Crippen molar-refractivity contribution in [3.05, 3.63) is 0 Å². The first kappa shape index (κ1) is 13.3. The molecule has 0 aromatic heterocycles. The molecule has 0 saturated carbocycles. The van der Waals surface area contributed by atoms with Crippen LogP contribution >= 0.6 is 0 Å². The largest absolute Gasteiger partial charge is 0.385 e. The van der Waals surface area contributed by atoms with Gasteiger partial charge in [0.15, 0.2) is 0 Å². The zero-order valence-electron chi connectivity index (χ0n) is 11.2. The first-order valence-corrected chi connectivity index (χ1v) is 7.06. The molecule has 2 heterocycles. The van der Waals surface area contributed by atoms with E-state index in [9.17, 15) is 0 Å². The minimum absolute atomic E-state index is 0.803. The fourth-order valence-corrected chi connectivity index (χ4v) is 2.98. The van der Waals surface area contributed by atoms with Gasteiger partial charge in [-0.3, -0.25) is 4.90 Å². The second-order valence-corrected chi connectivity index (χ2v) is 5.23. The summed E-state index contributed by atoms with van der Waals surface area (Å²) in [6.45, 7) is 9.52. The predicted octanol–water partition coefficient (Wildman–Crippen LogP) is 0.393. The molecule has 1 unspecified atom stereocenters. The molecule has 2 rings (SSSR count). The molecule has 2 aliphatic rings. The van der Waals surface area contributed by atoms with Crippen LogP contribution in [0.25, 0.3) is 0 Å². The van der Waals surface area contributed by atoms with E-state index in [4.69, 9.17) is 4.74 Å². The summed E-state index contributed by atoms with van der Waals surface area (Å²) >= 11 is 0. The molecule has 4 nitrogen and oxygen atoms in total. The maximum absolute atomic E-state index is 5.12. The van der Waals surface area contributed by atoms with Gasteiger partial charge in [-0.05, 0) is 38.9 Å². The first-order valence-electron chi connectivity index (χ1n) is 7.06. The third-order valence-corrected chi connectivity index (χ3v) is 3.96. The minimum Gasteiger partial charge on any atom is -0.385 e. The van der Waals surface area contributed by atoms with Gasteiger partial charge in [0, 0.05) is 45.9 Å². The van der Waals surface area contributed by atoms with Gasteiger partial charge < -0.3 is 15.0 Å². The number of ether oxygens (including phenoxy) is 1. The molecular formula is C13H27N3O. The van der Waals surface area contributed by atoms with Crippen molar-refractivity contribution in [1.29, 1.82) is 0 Å². The fraction of sp³-hybridized carbons (Fsp3) is 1.00. The van der Waals surface area contributed by atoms with E-state index < -0.39 is 0 Å². The molecule has 100 valence electrons. The van der Waals surface area contributed by atoms with Gasteiger partial charge in [-0.2, -0.15) is 0 Å². The number of rotatable bonds is 5. The van der Waals surface area contributed by atoms with Crippen LogP contribution < -0.4 is 5.32 Å². The molecule has 0 bridgehead atoms. The van der Waals surface area contributed by atoms with E-state index in [0.29, 0.717) is 0 Å². The van der Waals surface area contributed by atoms with Crippen LogP contribution in [-0.2, 0) is 4.74 Å². The molecule has 17 heavy (non-hydrogen) atoms. The van der Waals surface area contributed by atoms with Gasteiger partial charge in [0.05, 0.1) is 0 Å². The van der Waals surface area contributed by atoms with E-state index in [1.54, 1.807) is 7.11 Å². The van der Waals surface area contributed by atoms with Crippen LogP contribution in [0.2, 0.25) is 0 Å². The molecule has 0 spiro atoms. The molecule has 0 radical (unpaired) electrons. The van der Waals surface area contributed by atoms with Crippen molar-refractivity contribution in [2.45, 2.75) is 25.3 Å². The summed E-state index contributed by atoms with van der Waals surface area (Å²) in [4.78, 5) is 5.29. The Balaban J connectivity index is 1.68. The normalized spacial score (nSPS) is 28.4. The average Bonchev–Trinajstić information content (AvgIpc) is 2.64. The summed E-state index contributed by atoms with van der Waals surface area (Å²) in [6, 6.07) is 0.803. The summed E-state index contributed by atoms with van der Waals surface area (Å²) in [6.07, 6.45) is 3.83.